The standard InChI is InChI=1S/C6H11NO3/c8-3-4-1-7-2-5(4)6(9)10/h4-5,7-8H,1-3H2,(H,9,10)/t4-,5-/m1/s1. The van der Waals surface area contributed by atoms with E-state index in [1.165, 1.54) is 0 Å². The summed E-state index contributed by atoms with van der Waals surface area (Å²) in [4.78, 5) is 10.4. The second kappa shape index (κ2) is 2.98. The number of hydrogen-bond donors (Lipinski definition) is 3. The van der Waals surface area contributed by atoms with Crippen molar-refractivity contribution in [3.63, 3.8) is 0 Å². The van der Waals surface area contributed by atoms with E-state index >= 15 is 0 Å². The number of nitrogens with one attached hydrogen (secondary N) is 1. The van der Waals surface area contributed by atoms with Crippen LogP contribution in [0.1, 0.15) is 0 Å². The number of hydrogen-bond acceptors (Lipinski definition) is 3. The first-order valence-electron chi connectivity index (χ1n) is 3.30. The van der Waals surface area contributed by atoms with E-state index in [1.54, 1.807) is 0 Å². The first-order valence-corrected chi connectivity index (χ1v) is 3.30. The molecule has 0 saturated carbocycles. The molecule has 0 spiro atoms. The molecule has 0 aliphatic carbocycles. The Balaban J connectivity index is 2.50. The van der Waals surface area contributed by atoms with E-state index in [4.69, 9.17) is 10.2 Å². The third kappa shape index (κ3) is 1.27. The minimum Gasteiger partial charge on any atom is -0.481 e. The maximum atomic E-state index is 10.4. The zero-order valence-corrected chi connectivity index (χ0v) is 5.58. The van der Waals surface area contributed by atoms with Crippen LogP contribution in [0.4, 0.5) is 0 Å². The second-order valence-corrected chi connectivity index (χ2v) is 2.55. The van der Waals surface area contributed by atoms with Gasteiger partial charge in [0.15, 0.2) is 0 Å². The van der Waals surface area contributed by atoms with Crippen LogP contribution in [0.2, 0.25) is 0 Å². The van der Waals surface area contributed by atoms with Gasteiger partial charge in [-0.3, -0.25) is 4.79 Å². The Morgan fingerprint density at radius 3 is 2.70 bits per heavy atom. The topological polar surface area (TPSA) is 69.6 Å². The molecule has 0 unspecified atom stereocenters. The number of aliphatic carboxylic acids is 1. The van der Waals surface area contributed by atoms with Crippen LogP contribution in [0.3, 0.4) is 0 Å². The highest BCUT2D eigenvalue weighted by Gasteiger charge is 2.31. The van der Waals surface area contributed by atoms with Gasteiger partial charge in [0, 0.05) is 25.6 Å². The predicted octanol–water partition coefficient (Wildman–Crippen LogP) is -1.10. The van der Waals surface area contributed by atoms with Gasteiger partial charge in [0.2, 0.25) is 0 Å². The smallest absolute Gasteiger partial charge is 0.308 e. The van der Waals surface area contributed by atoms with Crippen LogP contribution in [0.25, 0.3) is 0 Å². The molecule has 1 heterocycles. The fraction of sp³-hybridized carbons (Fsp3) is 0.833. The first-order chi connectivity index (χ1) is 4.75. The largest absolute Gasteiger partial charge is 0.481 e. The Kier molecular flexibility index (Phi) is 2.24. The van der Waals surface area contributed by atoms with Crippen LogP contribution >= 0.6 is 0 Å². The van der Waals surface area contributed by atoms with Crippen LogP contribution in [0.15, 0.2) is 0 Å². The second-order valence-electron chi connectivity index (χ2n) is 2.55. The van der Waals surface area contributed by atoms with E-state index in [0.29, 0.717) is 13.1 Å². The number of rotatable bonds is 2. The summed E-state index contributed by atoms with van der Waals surface area (Å²) in [6.45, 7) is 1.07. The van der Waals surface area contributed by atoms with Crippen LogP contribution in [-0.2, 0) is 4.79 Å². The molecule has 0 bridgehead atoms. The van der Waals surface area contributed by atoms with Gasteiger partial charge in [-0.1, -0.05) is 0 Å². The summed E-state index contributed by atoms with van der Waals surface area (Å²) in [6.07, 6.45) is 0. The molecular formula is C6H11NO3. The monoisotopic (exact) mass is 145 g/mol. The molecule has 3 N–H and O–H groups in total. The molecular weight excluding hydrogens is 134 g/mol. The van der Waals surface area contributed by atoms with Crippen molar-refractivity contribution in [3.8, 4) is 0 Å². The van der Waals surface area contributed by atoms with E-state index in [9.17, 15) is 4.79 Å². The fourth-order valence-corrected chi connectivity index (χ4v) is 1.21. The summed E-state index contributed by atoms with van der Waals surface area (Å²) in [5.41, 5.74) is 0. The Labute approximate surface area is 58.9 Å². The van der Waals surface area contributed by atoms with E-state index in [0.717, 1.165) is 0 Å². The SMILES string of the molecule is O=C(O)[C@@H]1CNC[C@@H]1CO. The molecule has 1 aliphatic rings. The predicted molar refractivity (Wildman–Crippen MR) is 34.6 cm³/mol. The molecule has 4 heteroatoms. The maximum absolute atomic E-state index is 10.4. The number of carbonyl (C=O) groups is 1. The normalized spacial score (nSPS) is 32.5. The highest BCUT2D eigenvalue weighted by molar-refractivity contribution is 5.71. The average Bonchev–Trinajstić information content (AvgIpc) is 2.33. The molecule has 58 valence electrons. The Morgan fingerprint density at radius 1 is 1.60 bits per heavy atom. The van der Waals surface area contributed by atoms with Crippen molar-refractivity contribution in [1.29, 1.82) is 0 Å². The lowest BCUT2D eigenvalue weighted by atomic mass is 9.97. The van der Waals surface area contributed by atoms with Gasteiger partial charge in [0.25, 0.3) is 0 Å². The molecule has 4 nitrogen and oxygen atoms in total. The zero-order valence-electron chi connectivity index (χ0n) is 5.58. The van der Waals surface area contributed by atoms with Crippen molar-refractivity contribution >= 4 is 5.97 Å². The average molecular weight is 145 g/mol. The van der Waals surface area contributed by atoms with Crippen molar-refractivity contribution in [2.75, 3.05) is 19.7 Å². The summed E-state index contributed by atoms with van der Waals surface area (Å²) in [7, 11) is 0. The van der Waals surface area contributed by atoms with Crippen molar-refractivity contribution in [2.24, 2.45) is 11.8 Å². The summed E-state index contributed by atoms with van der Waals surface area (Å²) >= 11 is 0. The molecule has 0 aromatic rings. The van der Waals surface area contributed by atoms with Gasteiger partial charge < -0.3 is 15.5 Å². The molecule has 1 rings (SSSR count). The summed E-state index contributed by atoms with van der Waals surface area (Å²) in [5.74, 6) is -1.31. The number of carboxylic acids is 1. The fourth-order valence-electron chi connectivity index (χ4n) is 1.21. The maximum Gasteiger partial charge on any atom is 0.308 e. The number of aliphatic hydroxyl groups is 1. The van der Waals surface area contributed by atoms with Crippen LogP contribution in [0, 0.1) is 11.8 Å². The van der Waals surface area contributed by atoms with Crippen LogP contribution < -0.4 is 5.32 Å². The summed E-state index contributed by atoms with van der Waals surface area (Å²) in [5, 5.41) is 20.2. The number of aliphatic hydroxyl groups excluding tert-OH is 1. The van der Waals surface area contributed by atoms with Gasteiger partial charge in [-0.25, -0.2) is 0 Å². The van der Waals surface area contributed by atoms with Gasteiger partial charge in [-0.15, -0.1) is 0 Å². The highest BCUT2D eigenvalue weighted by Crippen LogP contribution is 2.15. The Hall–Kier alpha value is -0.610. The van der Waals surface area contributed by atoms with Crippen LogP contribution in [0.5, 0.6) is 0 Å². The van der Waals surface area contributed by atoms with E-state index in [2.05, 4.69) is 5.32 Å². The lowest BCUT2D eigenvalue weighted by molar-refractivity contribution is -0.142. The van der Waals surface area contributed by atoms with E-state index in [1.807, 2.05) is 0 Å². The third-order valence-electron chi connectivity index (χ3n) is 1.89. The van der Waals surface area contributed by atoms with Crippen molar-refractivity contribution < 1.29 is 15.0 Å². The number of carboxylic acid groups (broad SMARTS) is 1. The lowest BCUT2D eigenvalue weighted by Crippen LogP contribution is -2.24. The van der Waals surface area contributed by atoms with E-state index in [-0.39, 0.29) is 12.5 Å². The zero-order chi connectivity index (χ0) is 7.56. The molecule has 1 saturated heterocycles. The first kappa shape index (κ1) is 7.50. The molecule has 0 aromatic carbocycles. The Bertz CT molecular complexity index is 137. The molecule has 0 radical (unpaired) electrons. The van der Waals surface area contributed by atoms with Crippen molar-refractivity contribution in [3.05, 3.63) is 0 Å². The highest BCUT2D eigenvalue weighted by atomic mass is 16.4. The lowest BCUT2D eigenvalue weighted by Gasteiger charge is -2.09. The van der Waals surface area contributed by atoms with Gasteiger partial charge in [-0.2, -0.15) is 0 Å². The van der Waals surface area contributed by atoms with Gasteiger partial charge >= 0.3 is 5.97 Å². The molecule has 0 aromatic heterocycles. The van der Waals surface area contributed by atoms with Crippen LogP contribution in [-0.4, -0.2) is 35.9 Å². The minimum absolute atomic E-state index is 0.0377. The van der Waals surface area contributed by atoms with Crippen molar-refractivity contribution in [2.45, 2.75) is 0 Å². The van der Waals surface area contributed by atoms with Gasteiger partial charge in [-0.05, 0) is 0 Å². The van der Waals surface area contributed by atoms with Gasteiger partial charge in [0.1, 0.15) is 0 Å². The molecule has 2 atom stereocenters. The molecule has 0 amide bonds. The molecule has 10 heavy (non-hydrogen) atoms. The molecule has 1 aliphatic heterocycles. The summed E-state index contributed by atoms with van der Waals surface area (Å²) < 4.78 is 0. The minimum atomic E-state index is -0.816. The van der Waals surface area contributed by atoms with Gasteiger partial charge in [0.05, 0.1) is 5.92 Å². The summed E-state index contributed by atoms with van der Waals surface area (Å²) in [6, 6.07) is 0. The quantitative estimate of drug-likeness (QED) is 0.461. The van der Waals surface area contributed by atoms with Crippen molar-refractivity contribution in [1.82, 2.24) is 5.32 Å². The van der Waals surface area contributed by atoms with E-state index < -0.39 is 11.9 Å². The molecule has 1 fully saturated rings. The Morgan fingerprint density at radius 2 is 2.30 bits per heavy atom. The third-order valence-corrected chi connectivity index (χ3v) is 1.89.